The number of benzene rings is 1. The Hall–Kier alpha value is -2.42. The zero-order chi connectivity index (χ0) is 17.7. The van der Waals surface area contributed by atoms with Gasteiger partial charge in [0.05, 0.1) is 18.1 Å². The summed E-state index contributed by atoms with van der Waals surface area (Å²) in [5.74, 6) is 0.168. The number of halogens is 1. The molecule has 0 saturated carbocycles. The van der Waals surface area contributed by atoms with E-state index in [0.717, 1.165) is 3.57 Å². The molecule has 1 unspecified atom stereocenters. The van der Waals surface area contributed by atoms with Crippen LogP contribution in [0.1, 0.15) is 17.3 Å². The van der Waals surface area contributed by atoms with Crippen LogP contribution in [0.5, 0.6) is 5.75 Å². The third-order valence-electron chi connectivity index (χ3n) is 3.58. The first-order chi connectivity index (χ1) is 12.1. The molecule has 0 radical (unpaired) electrons. The largest absolute Gasteiger partial charge is 0.486 e. The summed E-state index contributed by atoms with van der Waals surface area (Å²) in [5, 5.41) is 0. The van der Waals surface area contributed by atoms with Crippen LogP contribution in [-0.2, 0) is 10.5 Å². The number of aromatic nitrogens is 3. The minimum absolute atomic E-state index is 0.116. The van der Waals surface area contributed by atoms with E-state index in [1.165, 1.54) is 0 Å². The van der Waals surface area contributed by atoms with Crippen molar-refractivity contribution in [2.45, 2.75) is 12.6 Å². The minimum atomic E-state index is -1.05. The molecule has 1 aromatic carbocycles. The number of ether oxygens (including phenoxy) is 2. The molecular weight excluding hydrogens is 433 g/mol. The van der Waals surface area contributed by atoms with E-state index in [2.05, 4.69) is 32.6 Å². The lowest BCUT2D eigenvalue weighted by molar-refractivity contribution is -0.0794. The van der Waals surface area contributed by atoms with Crippen LogP contribution in [0.3, 0.4) is 0 Å². The average Bonchev–Trinajstić information content (AvgIpc) is 3.17. The van der Waals surface area contributed by atoms with Crippen molar-refractivity contribution >= 4 is 28.6 Å². The molecule has 7 heteroatoms. The molecule has 128 valence electrons. The Morgan fingerprint density at radius 1 is 1.20 bits per heavy atom. The van der Waals surface area contributed by atoms with Crippen molar-refractivity contribution < 1.29 is 14.3 Å². The summed E-state index contributed by atoms with van der Waals surface area (Å²) in [6.07, 6.45) is 8.22. The third kappa shape index (κ3) is 4.36. The fourth-order valence-corrected chi connectivity index (χ4v) is 2.55. The van der Waals surface area contributed by atoms with Crippen LogP contribution in [0.15, 0.2) is 67.5 Å². The molecule has 2 aromatic heterocycles. The number of rotatable bonds is 6. The van der Waals surface area contributed by atoms with Gasteiger partial charge in [0.15, 0.2) is 0 Å². The highest BCUT2D eigenvalue weighted by Crippen LogP contribution is 2.22. The summed E-state index contributed by atoms with van der Waals surface area (Å²) in [4.78, 5) is 20.6. The van der Waals surface area contributed by atoms with E-state index in [-0.39, 0.29) is 6.61 Å². The zero-order valence-corrected chi connectivity index (χ0v) is 15.7. The van der Waals surface area contributed by atoms with Crippen molar-refractivity contribution in [1.82, 2.24) is 14.5 Å². The maximum absolute atomic E-state index is 12.6. The molecule has 6 nitrogen and oxygen atoms in total. The highest BCUT2D eigenvalue weighted by atomic mass is 127. The second-order valence-electron chi connectivity index (χ2n) is 5.52. The Morgan fingerprint density at radius 2 is 2.00 bits per heavy atom. The maximum atomic E-state index is 12.6. The summed E-state index contributed by atoms with van der Waals surface area (Å²) in [6, 6.07) is 10.8. The molecule has 3 aromatic rings. The van der Waals surface area contributed by atoms with Gasteiger partial charge >= 0.3 is 5.97 Å². The molecule has 0 N–H and O–H groups in total. The number of esters is 1. The number of pyridine rings is 1. The van der Waals surface area contributed by atoms with Crippen LogP contribution in [-0.4, -0.2) is 27.1 Å². The minimum Gasteiger partial charge on any atom is -0.486 e. The Labute approximate surface area is 159 Å². The standard InChI is InChI=1S/C18H16IN3O3/c1-18(22-10-9-21-13-22,12-24-16-3-2-8-20-11-16)25-17(23)14-4-6-15(19)7-5-14/h2-11,13H,12H2,1H3. The number of carbonyl (C=O) groups excluding carboxylic acids is 1. The molecule has 0 fully saturated rings. The van der Waals surface area contributed by atoms with Gasteiger partial charge in [-0.05, 0) is 65.9 Å². The van der Waals surface area contributed by atoms with E-state index in [9.17, 15) is 4.79 Å². The number of hydrogen-bond acceptors (Lipinski definition) is 5. The highest BCUT2D eigenvalue weighted by Gasteiger charge is 2.32. The van der Waals surface area contributed by atoms with Gasteiger partial charge in [0.2, 0.25) is 5.72 Å². The van der Waals surface area contributed by atoms with Gasteiger partial charge in [-0.15, -0.1) is 0 Å². The fourth-order valence-electron chi connectivity index (χ4n) is 2.19. The molecule has 1 atom stereocenters. The van der Waals surface area contributed by atoms with Gasteiger partial charge in [0, 0.05) is 22.2 Å². The topological polar surface area (TPSA) is 66.2 Å². The van der Waals surface area contributed by atoms with Crippen LogP contribution >= 0.6 is 22.6 Å². The molecule has 0 bridgehead atoms. The lowest BCUT2D eigenvalue weighted by Crippen LogP contribution is -2.40. The van der Waals surface area contributed by atoms with Gasteiger partial charge in [-0.1, -0.05) is 0 Å². The number of imidazole rings is 1. The van der Waals surface area contributed by atoms with Crippen LogP contribution in [0.25, 0.3) is 0 Å². The highest BCUT2D eigenvalue weighted by molar-refractivity contribution is 14.1. The number of hydrogen-bond donors (Lipinski definition) is 0. The molecule has 0 amide bonds. The van der Waals surface area contributed by atoms with Crippen molar-refractivity contribution in [3.05, 3.63) is 76.6 Å². The van der Waals surface area contributed by atoms with E-state index < -0.39 is 11.7 Å². The second kappa shape index (κ2) is 7.64. The van der Waals surface area contributed by atoms with Crippen molar-refractivity contribution in [2.75, 3.05) is 6.61 Å². The van der Waals surface area contributed by atoms with Crippen LogP contribution in [0, 0.1) is 3.57 Å². The van der Waals surface area contributed by atoms with Crippen molar-refractivity contribution in [2.24, 2.45) is 0 Å². The van der Waals surface area contributed by atoms with E-state index in [4.69, 9.17) is 9.47 Å². The lowest BCUT2D eigenvalue weighted by atomic mass is 10.2. The smallest absolute Gasteiger partial charge is 0.340 e. The summed E-state index contributed by atoms with van der Waals surface area (Å²) >= 11 is 2.19. The van der Waals surface area contributed by atoms with E-state index >= 15 is 0 Å². The van der Waals surface area contributed by atoms with Gasteiger partial charge in [-0.3, -0.25) is 9.55 Å². The monoisotopic (exact) mass is 449 g/mol. The Balaban J connectivity index is 1.79. The van der Waals surface area contributed by atoms with Crippen LogP contribution < -0.4 is 4.74 Å². The molecule has 0 aliphatic heterocycles. The summed E-state index contributed by atoms with van der Waals surface area (Å²) in [6.45, 7) is 1.89. The summed E-state index contributed by atoms with van der Waals surface area (Å²) in [5.41, 5.74) is -0.569. The molecule has 0 aliphatic rings. The Kier molecular flexibility index (Phi) is 5.32. The Bertz CT molecular complexity index is 823. The predicted molar refractivity (Wildman–Crippen MR) is 100 cm³/mol. The van der Waals surface area contributed by atoms with Gasteiger partial charge in [0.1, 0.15) is 12.4 Å². The van der Waals surface area contributed by atoms with Crippen LogP contribution in [0.2, 0.25) is 0 Å². The average molecular weight is 449 g/mol. The summed E-state index contributed by atoms with van der Waals surface area (Å²) < 4.78 is 14.3. The SMILES string of the molecule is CC(COc1cccnc1)(OC(=O)c1ccc(I)cc1)n1ccnc1. The van der Waals surface area contributed by atoms with Gasteiger partial charge in [0.25, 0.3) is 0 Å². The third-order valence-corrected chi connectivity index (χ3v) is 4.30. The van der Waals surface area contributed by atoms with Gasteiger partial charge in [-0.2, -0.15) is 0 Å². The lowest BCUT2D eigenvalue weighted by Gasteiger charge is -2.30. The normalized spacial score (nSPS) is 13.0. The first kappa shape index (κ1) is 17.4. The fraction of sp³-hybridized carbons (Fsp3) is 0.167. The molecular formula is C18H16IN3O3. The van der Waals surface area contributed by atoms with Crippen molar-refractivity contribution in [3.63, 3.8) is 0 Å². The van der Waals surface area contributed by atoms with E-state index in [0.29, 0.717) is 11.3 Å². The molecule has 25 heavy (non-hydrogen) atoms. The Morgan fingerprint density at radius 3 is 2.64 bits per heavy atom. The second-order valence-corrected chi connectivity index (χ2v) is 6.76. The number of carbonyl (C=O) groups is 1. The van der Waals surface area contributed by atoms with Crippen molar-refractivity contribution in [3.8, 4) is 5.75 Å². The molecule has 0 saturated heterocycles. The van der Waals surface area contributed by atoms with Gasteiger partial charge < -0.3 is 9.47 Å². The van der Waals surface area contributed by atoms with E-state index in [1.54, 1.807) is 66.9 Å². The first-order valence-corrected chi connectivity index (χ1v) is 8.65. The van der Waals surface area contributed by atoms with Crippen molar-refractivity contribution in [1.29, 1.82) is 0 Å². The number of nitrogens with zero attached hydrogens (tertiary/aromatic N) is 3. The van der Waals surface area contributed by atoms with Crippen LogP contribution in [0.4, 0.5) is 0 Å². The quantitative estimate of drug-likeness (QED) is 0.426. The summed E-state index contributed by atoms with van der Waals surface area (Å²) in [7, 11) is 0. The van der Waals surface area contributed by atoms with E-state index in [1.807, 2.05) is 12.1 Å². The molecule has 3 rings (SSSR count). The first-order valence-electron chi connectivity index (χ1n) is 7.57. The molecule has 0 aliphatic carbocycles. The zero-order valence-electron chi connectivity index (χ0n) is 13.5. The predicted octanol–water partition coefficient (Wildman–Crippen LogP) is 3.49. The molecule has 0 spiro atoms. The molecule has 2 heterocycles. The maximum Gasteiger partial charge on any atom is 0.340 e. The van der Waals surface area contributed by atoms with Gasteiger partial charge in [-0.25, -0.2) is 9.78 Å².